The summed E-state index contributed by atoms with van der Waals surface area (Å²) < 4.78 is 5.82. The fraction of sp³-hybridized carbons (Fsp3) is 0.100. The fourth-order valence-electron chi connectivity index (χ4n) is 2.27. The molecule has 0 spiro atoms. The molecular weight excluding hydrogens is 300 g/mol. The summed E-state index contributed by atoms with van der Waals surface area (Å²) in [6.45, 7) is 2.35. The molecule has 24 heavy (non-hydrogen) atoms. The molecule has 0 aliphatic rings. The molecule has 0 amide bonds. The van der Waals surface area contributed by atoms with Gasteiger partial charge in [-0.25, -0.2) is 4.98 Å². The van der Waals surface area contributed by atoms with E-state index in [-0.39, 0.29) is 5.88 Å². The van der Waals surface area contributed by atoms with Gasteiger partial charge in [-0.1, -0.05) is 48.5 Å². The van der Waals surface area contributed by atoms with Crippen LogP contribution in [0, 0.1) is 6.92 Å². The van der Waals surface area contributed by atoms with Gasteiger partial charge in [-0.05, 0) is 36.3 Å². The highest BCUT2D eigenvalue weighted by atomic mass is 16.5. The zero-order valence-electron chi connectivity index (χ0n) is 13.4. The summed E-state index contributed by atoms with van der Waals surface area (Å²) in [5.41, 5.74) is 2.83. The number of hydrogen-bond donors (Lipinski definition) is 1. The van der Waals surface area contributed by atoms with Crippen molar-refractivity contribution in [1.82, 2.24) is 9.97 Å². The Morgan fingerprint density at radius 3 is 2.58 bits per heavy atom. The first kappa shape index (κ1) is 15.7. The number of aromatic nitrogens is 2. The molecular formula is C20H18N2O2. The SMILES string of the molecule is Cc1cc(O)nc(/C=C/c2cccc(OCc3ccccc3)c2)n1. The highest BCUT2D eigenvalue weighted by Gasteiger charge is 1.99. The Kier molecular flexibility index (Phi) is 4.87. The van der Waals surface area contributed by atoms with Crippen molar-refractivity contribution in [2.75, 3.05) is 0 Å². The molecule has 4 heteroatoms. The van der Waals surface area contributed by atoms with Crippen LogP contribution in [0.15, 0.2) is 60.7 Å². The van der Waals surface area contributed by atoms with Crippen LogP contribution in [0.2, 0.25) is 0 Å². The van der Waals surface area contributed by atoms with E-state index in [9.17, 15) is 5.11 Å². The first-order valence-electron chi connectivity index (χ1n) is 7.68. The van der Waals surface area contributed by atoms with E-state index in [0.717, 1.165) is 22.6 Å². The van der Waals surface area contributed by atoms with Crippen molar-refractivity contribution in [3.63, 3.8) is 0 Å². The van der Waals surface area contributed by atoms with Gasteiger partial charge in [0.25, 0.3) is 0 Å². The summed E-state index contributed by atoms with van der Waals surface area (Å²) in [5.74, 6) is 1.25. The smallest absolute Gasteiger partial charge is 0.214 e. The predicted molar refractivity (Wildman–Crippen MR) is 94.6 cm³/mol. The Morgan fingerprint density at radius 1 is 0.958 bits per heavy atom. The minimum atomic E-state index is -0.0258. The second kappa shape index (κ2) is 7.42. The molecule has 1 aromatic heterocycles. The van der Waals surface area contributed by atoms with E-state index >= 15 is 0 Å². The zero-order chi connectivity index (χ0) is 16.8. The van der Waals surface area contributed by atoms with E-state index < -0.39 is 0 Å². The van der Waals surface area contributed by atoms with E-state index in [2.05, 4.69) is 9.97 Å². The Bertz CT molecular complexity index is 825. The lowest BCUT2D eigenvalue weighted by molar-refractivity contribution is 0.306. The van der Waals surface area contributed by atoms with Crippen molar-refractivity contribution in [1.29, 1.82) is 0 Å². The minimum absolute atomic E-state index is 0.0258. The number of benzene rings is 2. The number of ether oxygens (including phenoxy) is 1. The number of nitrogens with zero attached hydrogens (tertiary/aromatic N) is 2. The molecule has 0 bridgehead atoms. The predicted octanol–water partition coefficient (Wildman–Crippen LogP) is 4.24. The molecule has 4 nitrogen and oxygen atoms in total. The van der Waals surface area contributed by atoms with Gasteiger partial charge >= 0.3 is 0 Å². The molecule has 0 radical (unpaired) electrons. The van der Waals surface area contributed by atoms with Gasteiger partial charge in [0.2, 0.25) is 5.88 Å². The quantitative estimate of drug-likeness (QED) is 0.764. The minimum Gasteiger partial charge on any atom is -0.493 e. The van der Waals surface area contributed by atoms with Crippen LogP contribution in [0.3, 0.4) is 0 Å². The third-order valence-electron chi connectivity index (χ3n) is 3.39. The summed E-state index contributed by atoms with van der Waals surface area (Å²) in [6, 6.07) is 19.4. The van der Waals surface area contributed by atoms with Gasteiger partial charge in [-0.3, -0.25) is 0 Å². The second-order valence-corrected chi connectivity index (χ2v) is 5.41. The van der Waals surface area contributed by atoms with E-state index in [1.54, 1.807) is 6.08 Å². The summed E-state index contributed by atoms with van der Waals surface area (Å²) in [5, 5.41) is 9.51. The molecule has 3 rings (SSSR count). The average molecular weight is 318 g/mol. The number of hydrogen-bond acceptors (Lipinski definition) is 4. The lowest BCUT2D eigenvalue weighted by Gasteiger charge is -2.07. The molecule has 0 aliphatic heterocycles. The van der Waals surface area contributed by atoms with Crippen molar-refractivity contribution < 1.29 is 9.84 Å². The summed E-state index contributed by atoms with van der Waals surface area (Å²) >= 11 is 0. The van der Waals surface area contributed by atoms with Crippen molar-refractivity contribution in [3.05, 3.63) is 83.3 Å². The molecule has 0 fully saturated rings. The molecule has 0 saturated carbocycles. The highest BCUT2D eigenvalue weighted by molar-refractivity contribution is 5.67. The standard InChI is InChI=1S/C20H18N2O2/c1-15-12-20(23)22-19(21-15)11-10-16-8-5-9-18(13-16)24-14-17-6-3-2-4-7-17/h2-13H,14H2,1H3,(H,21,22,23)/b11-10+. The monoisotopic (exact) mass is 318 g/mol. The molecule has 0 atom stereocenters. The fourth-order valence-corrected chi connectivity index (χ4v) is 2.27. The Hall–Kier alpha value is -3.14. The van der Waals surface area contributed by atoms with Crippen LogP contribution in [-0.2, 0) is 6.61 Å². The Labute approximate surface area is 141 Å². The van der Waals surface area contributed by atoms with Gasteiger partial charge in [0.05, 0.1) is 0 Å². The molecule has 0 unspecified atom stereocenters. The van der Waals surface area contributed by atoms with Gasteiger partial charge in [-0.15, -0.1) is 0 Å². The zero-order valence-corrected chi connectivity index (χ0v) is 13.4. The number of aryl methyl sites for hydroxylation is 1. The molecule has 3 aromatic rings. The maximum absolute atomic E-state index is 9.51. The third kappa shape index (κ3) is 4.43. The molecule has 2 aromatic carbocycles. The Morgan fingerprint density at radius 2 is 1.79 bits per heavy atom. The van der Waals surface area contributed by atoms with E-state index in [1.807, 2.05) is 67.6 Å². The lowest BCUT2D eigenvalue weighted by Crippen LogP contribution is -1.95. The highest BCUT2D eigenvalue weighted by Crippen LogP contribution is 2.17. The van der Waals surface area contributed by atoms with E-state index in [4.69, 9.17) is 4.74 Å². The molecule has 1 heterocycles. The second-order valence-electron chi connectivity index (χ2n) is 5.41. The van der Waals surface area contributed by atoms with Crippen LogP contribution < -0.4 is 4.74 Å². The van der Waals surface area contributed by atoms with E-state index in [1.165, 1.54) is 6.07 Å². The largest absolute Gasteiger partial charge is 0.493 e. The van der Waals surface area contributed by atoms with Crippen LogP contribution in [-0.4, -0.2) is 15.1 Å². The molecule has 120 valence electrons. The average Bonchev–Trinajstić information content (AvgIpc) is 2.59. The maximum Gasteiger partial charge on any atom is 0.214 e. The van der Waals surface area contributed by atoms with Crippen molar-refractivity contribution in [2.24, 2.45) is 0 Å². The van der Waals surface area contributed by atoms with E-state index in [0.29, 0.717) is 12.4 Å². The topological polar surface area (TPSA) is 55.2 Å². The molecule has 0 aliphatic carbocycles. The molecule has 1 N–H and O–H groups in total. The number of aromatic hydroxyl groups is 1. The van der Waals surface area contributed by atoms with Crippen LogP contribution in [0.4, 0.5) is 0 Å². The maximum atomic E-state index is 9.51. The van der Waals surface area contributed by atoms with Crippen molar-refractivity contribution in [2.45, 2.75) is 13.5 Å². The van der Waals surface area contributed by atoms with Crippen molar-refractivity contribution in [3.8, 4) is 11.6 Å². The Balaban J connectivity index is 1.69. The van der Waals surface area contributed by atoms with Crippen LogP contribution in [0.1, 0.15) is 22.6 Å². The van der Waals surface area contributed by atoms with Crippen molar-refractivity contribution >= 4 is 12.2 Å². The summed E-state index contributed by atoms with van der Waals surface area (Å²) in [4.78, 5) is 8.23. The van der Waals surface area contributed by atoms with Gasteiger partial charge in [0, 0.05) is 11.8 Å². The normalized spacial score (nSPS) is 10.9. The van der Waals surface area contributed by atoms with Gasteiger partial charge in [0.1, 0.15) is 12.4 Å². The first-order valence-corrected chi connectivity index (χ1v) is 7.68. The van der Waals surface area contributed by atoms with Crippen LogP contribution in [0.5, 0.6) is 11.6 Å². The van der Waals surface area contributed by atoms with Gasteiger partial charge in [-0.2, -0.15) is 4.98 Å². The van der Waals surface area contributed by atoms with Gasteiger partial charge < -0.3 is 9.84 Å². The third-order valence-corrected chi connectivity index (χ3v) is 3.39. The summed E-state index contributed by atoms with van der Waals surface area (Å²) in [6.07, 6.45) is 3.66. The van der Waals surface area contributed by atoms with Gasteiger partial charge in [0.15, 0.2) is 5.82 Å². The van der Waals surface area contributed by atoms with Crippen LogP contribution >= 0.6 is 0 Å². The van der Waals surface area contributed by atoms with Crippen LogP contribution in [0.25, 0.3) is 12.2 Å². The summed E-state index contributed by atoms with van der Waals surface area (Å²) in [7, 11) is 0. The number of rotatable bonds is 5. The first-order chi connectivity index (χ1) is 11.7. The lowest BCUT2D eigenvalue weighted by atomic mass is 10.2. The molecule has 0 saturated heterocycles.